The van der Waals surface area contributed by atoms with Crippen LogP contribution in [0.5, 0.6) is 0 Å². The molecule has 0 unspecified atom stereocenters. The summed E-state index contributed by atoms with van der Waals surface area (Å²) in [5, 5.41) is 3.30. The second kappa shape index (κ2) is 4.33. The summed E-state index contributed by atoms with van der Waals surface area (Å²) >= 11 is 0. The molecular formula is C11H16N2O. The summed E-state index contributed by atoms with van der Waals surface area (Å²) < 4.78 is 5.51. The Kier molecular flexibility index (Phi) is 2.89. The molecule has 3 N–H and O–H groups in total. The van der Waals surface area contributed by atoms with Crippen LogP contribution >= 0.6 is 0 Å². The average molecular weight is 192 g/mol. The van der Waals surface area contributed by atoms with E-state index in [1.54, 1.807) is 0 Å². The molecule has 14 heavy (non-hydrogen) atoms. The lowest BCUT2D eigenvalue weighted by Gasteiger charge is -2.13. The monoisotopic (exact) mass is 192 g/mol. The molecule has 0 bridgehead atoms. The van der Waals surface area contributed by atoms with Crippen LogP contribution in [-0.2, 0) is 4.74 Å². The predicted molar refractivity (Wildman–Crippen MR) is 58.3 cm³/mol. The summed E-state index contributed by atoms with van der Waals surface area (Å²) in [4.78, 5) is 0. The van der Waals surface area contributed by atoms with Gasteiger partial charge in [0.1, 0.15) is 0 Å². The largest absolute Gasteiger partial charge is 0.397 e. The van der Waals surface area contributed by atoms with Crippen LogP contribution in [0.3, 0.4) is 0 Å². The topological polar surface area (TPSA) is 47.3 Å². The molecule has 76 valence electrons. The number of rotatable bonds is 3. The smallest absolute Gasteiger partial charge is 0.0748 e. The van der Waals surface area contributed by atoms with Gasteiger partial charge in [0.2, 0.25) is 0 Å². The second-order valence-electron chi connectivity index (χ2n) is 3.60. The third-order valence-electron chi connectivity index (χ3n) is 2.50. The molecule has 1 aromatic carbocycles. The molecule has 0 spiro atoms. The molecule has 2 rings (SSSR count). The number of para-hydroxylation sites is 2. The van der Waals surface area contributed by atoms with Crippen molar-refractivity contribution in [2.24, 2.45) is 0 Å². The molecule has 1 aliphatic rings. The van der Waals surface area contributed by atoms with Crippen molar-refractivity contribution < 1.29 is 4.74 Å². The maximum Gasteiger partial charge on any atom is 0.0748 e. The zero-order valence-electron chi connectivity index (χ0n) is 8.20. The van der Waals surface area contributed by atoms with Crippen molar-refractivity contribution in [1.82, 2.24) is 0 Å². The number of hydrogen-bond donors (Lipinski definition) is 2. The Morgan fingerprint density at radius 2 is 2.29 bits per heavy atom. The Balaban J connectivity index is 1.88. The second-order valence-corrected chi connectivity index (χ2v) is 3.60. The van der Waals surface area contributed by atoms with Gasteiger partial charge in [0, 0.05) is 13.2 Å². The minimum Gasteiger partial charge on any atom is -0.397 e. The van der Waals surface area contributed by atoms with E-state index in [-0.39, 0.29) is 0 Å². The number of benzene rings is 1. The van der Waals surface area contributed by atoms with Gasteiger partial charge in [-0.3, -0.25) is 0 Å². The van der Waals surface area contributed by atoms with E-state index >= 15 is 0 Å². The van der Waals surface area contributed by atoms with Crippen molar-refractivity contribution >= 4 is 11.4 Å². The minimum absolute atomic E-state index is 0.356. The van der Waals surface area contributed by atoms with Gasteiger partial charge in [-0.05, 0) is 25.0 Å². The molecule has 3 heteroatoms. The molecule has 0 aromatic heterocycles. The van der Waals surface area contributed by atoms with Crippen LogP contribution < -0.4 is 11.1 Å². The summed E-state index contributed by atoms with van der Waals surface area (Å²) in [5.74, 6) is 0. The van der Waals surface area contributed by atoms with Gasteiger partial charge < -0.3 is 15.8 Å². The van der Waals surface area contributed by atoms with Gasteiger partial charge in [-0.1, -0.05) is 12.1 Å². The molecule has 0 amide bonds. The van der Waals surface area contributed by atoms with Gasteiger partial charge in [-0.15, -0.1) is 0 Å². The molecule has 0 radical (unpaired) electrons. The van der Waals surface area contributed by atoms with E-state index in [1.165, 1.54) is 6.42 Å². The summed E-state index contributed by atoms with van der Waals surface area (Å²) in [5.41, 5.74) is 7.60. The Morgan fingerprint density at radius 1 is 1.43 bits per heavy atom. The van der Waals surface area contributed by atoms with Crippen LogP contribution in [0.2, 0.25) is 0 Å². The zero-order chi connectivity index (χ0) is 9.80. The normalized spacial score (nSPS) is 21.0. The van der Waals surface area contributed by atoms with E-state index in [1.807, 2.05) is 24.3 Å². The molecule has 3 nitrogen and oxygen atoms in total. The summed E-state index contributed by atoms with van der Waals surface area (Å²) in [6, 6.07) is 7.81. The summed E-state index contributed by atoms with van der Waals surface area (Å²) in [6.07, 6.45) is 2.69. The fraction of sp³-hybridized carbons (Fsp3) is 0.455. The molecule has 0 saturated carbocycles. The number of hydrogen-bond acceptors (Lipinski definition) is 3. The summed E-state index contributed by atoms with van der Waals surface area (Å²) in [7, 11) is 0. The lowest BCUT2D eigenvalue weighted by atomic mass is 10.2. The average Bonchev–Trinajstić information content (AvgIpc) is 2.69. The highest BCUT2D eigenvalue weighted by molar-refractivity contribution is 5.65. The van der Waals surface area contributed by atoms with Gasteiger partial charge >= 0.3 is 0 Å². The molecule has 0 aliphatic carbocycles. The van der Waals surface area contributed by atoms with Crippen molar-refractivity contribution in [3.63, 3.8) is 0 Å². The van der Waals surface area contributed by atoms with Crippen molar-refractivity contribution in [2.75, 3.05) is 24.2 Å². The van der Waals surface area contributed by atoms with Crippen LogP contribution in [-0.4, -0.2) is 19.3 Å². The number of ether oxygens (including phenoxy) is 1. The van der Waals surface area contributed by atoms with Gasteiger partial charge in [0.25, 0.3) is 0 Å². The first-order valence-corrected chi connectivity index (χ1v) is 5.06. The fourth-order valence-electron chi connectivity index (χ4n) is 1.69. The highest BCUT2D eigenvalue weighted by Crippen LogP contribution is 2.18. The van der Waals surface area contributed by atoms with Gasteiger partial charge in [-0.2, -0.15) is 0 Å². The molecule has 1 aliphatic heterocycles. The number of nitrogen functional groups attached to an aromatic ring is 1. The Morgan fingerprint density at radius 3 is 3.00 bits per heavy atom. The molecule has 1 atom stereocenters. The van der Waals surface area contributed by atoms with Crippen molar-refractivity contribution in [1.29, 1.82) is 0 Å². The van der Waals surface area contributed by atoms with Crippen LogP contribution in [0.1, 0.15) is 12.8 Å². The standard InChI is InChI=1S/C11H16N2O/c12-10-5-1-2-6-11(10)13-8-9-4-3-7-14-9/h1-2,5-6,9,13H,3-4,7-8,12H2/t9-/m0/s1. The van der Waals surface area contributed by atoms with Crippen LogP contribution in [0, 0.1) is 0 Å². The zero-order valence-corrected chi connectivity index (χ0v) is 8.20. The molecule has 1 heterocycles. The third-order valence-corrected chi connectivity index (χ3v) is 2.50. The maximum absolute atomic E-state index is 5.80. The van der Waals surface area contributed by atoms with Crippen LogP contribution in [0.15, 0.2) is 24.3 Å². The minimum atomic E-state index is 0.356. The summed E-state index contributed by atoms with van der Waals surface area (Å²) in [6.45, 7) is 1.75. The molecular weight excluding hydrogens is 176 g/mol. The van der Waals surface area contributed by atoms with E-state index < -0.39 is 0 Å². The predicted octanol–water partition coefficient (Wildman–Crippen LogP) is 1.86. The first-order chi connectivity index (χ1) is 6.86. The van der Waals surface area contributed by atoms with Gasteiger partial charge in [0.05, 0.1) is 17.5 Å². The molecule has 1 fully saturated rings. The lowest BCUT2D eigenvalue weighted by Crippen LogP contribution is -2.18. The SMILES string of the molecule is Nc1ccccc1NC[C@@H]1CCCO1. The van der Waals surface area contributed by atoms with Gasteiger partial charge in [-0.25, -0.2) is 0 Å². The van der Waals surface area contributed by atoms with E-state index in [2.05, 4.69) is 5.32 Å². The van der Waals surface area contributed by atoms with Crippen LogP contribution in [0.4, 0.5) is 11.4 Å². The van der Waals surface area contributed by atoms with E-state index in [9.17, 15) is 0 Å². The van der Waals surface area contributed by atoms with E-state index in [4.69, 9.17) is 10.5 Å². The Labute approximate surface area is 84.3 Å². The highest BCUT2D eigenvalue weighted by Gasteiger charge is 2.14. The first-order valence-electron chi connectivity index (χ1n) is 5.06. The van der Waals surface area contributed by atoms with Crippen molar-refractivity contribution in [2.45, 2.75) is 18.9 Å². The van der Waals surface area contributed by atoms with E-state index in [0.717, 1.165) is 30.9 Å². The Hall–Kier alpha value is -1.22. The van der Waals surface area contributed by atoms with Gasteiger partial charge in [0.15, 0.2) is 0 Å². The highest BCUT2D eigenvalue weighted by atomic mass is 16.5. The van der Waals surface area contributed by atoms with Crippen LogP contribution in [0.25, 0.3) is 0 Å². The quantitative estimate of drug-likeness (QED) is 0.719. The fourth-order valence-corrected chi connectivity index (χ4v) is 1.69. The number of nitrogens with two attached hydrogens (primary N) is 1. The van der Waals surface area contributed by atoms with Crippen molar-refractivity contribution in [3.05, 3.63) is 24.3 Å². The number of anilines is 2. The Bertz CT molecular complexity index is 295. The molecule has 1 aromatic rings. The lowest BCUT2D eigenvalue weighted by molar-refractivity contribution is 0.120. The number of nitrogens with one attached hydrogen (secondary N) is 1. The van der Waals surface area contributed by atoms with Crippen molar-refractivity contribution in [3.8, 4) is 0 Å². The molecule has 1 saturated heterocycles. The third kappa shape index (κ3) is 2.17. The van der Waals surface area contributed by atoms with E-state index in [0.29, 0.717) is 6.10 Å². The first kappa shape index (κ1) is 9.34. The maximum atomic E-state index is 5.80.